The number of fused-ring (bicyclic) bond motifs is 1. The van der Waals surface area contributed by atoms with Crippen LogP contribution < -0.4 is 0 Å². The first-order chi connectivity index (χ1) is 9.79. The van der Waals surface area contributed by atoms with Crippen molar-refractivity contribution in [3.05, 3.63) is 66.1 Å². The molecule has 0 fully saturated rings. The zero-order valence-electron chi connectivity index (χ0n) is 10.7. The Morgan fingerprint density at radius 3 is 2.70 bits per heavy atom. The van der Waals surface area contributed by atoms with E-state index < -0.39 is 5.78 Å². The molecule has 0 bridgehead atoms. The SMILES string of the molecule is O=CC(=O)c1cn(Cc2ccccn2)c2ccccc12. The Labute approximate surface area is 115 Å². The van der Waals surface area contributed by atoms with Crippen LogP contribution in [0.1, 0.15) is 16.1 Å². The highest BCUT2D eigenvalue weighted by Gasteiger charge is 2.14. The average Bonchev–Trinajstić information content (AvgIpc) is 2.87. The second-order valence-electron chi connectivity index (χ2n) is 4.49. The Morgan fingerprint density at radius 1 is 1.15 bits per heavy atom. The van der Waals surface area contributed by atoms with Crippen molar-refractivity contribution in [3.8, 4) is 0 Å². The summed E-state index contributed by atoms with van der Waals surface area (Å²) in [5, 5.41) is 0.792. The lowest BCUT2D eigenvalue weighted by Crippen LogP contribution is -2.01. The highest BCUT2D eigenvalue weighted by atomic mass is 16.2. The minimum Gasteiger partial charge on any atom is -0.341 e. The number of aldehydes is 1. The first kappa shape index (κ1) is 12.3. The monoisotopic (exact) mass is 264 g/mol. The number of hydrogen-bond donors (Lipinski definition) is 0. The number of para-hydroxylation sites is 1. The molecule has 0 amide bonds. The van der Waals surface area contributed by atoms with E-state index in [0.717, 1.165) is 16.6 Å². The molecule has 0 aliphatic carbocycles. The molecule has 0 saturated carbocycles. The second-order valence-corrected chi connectivity index (χ2v) is 4.49. The number of benzene rings is 1. The third-order valence-corrected chi connectivity index (χ3v) is 3.22. The van der Waals surface area contributed by atoms with Gasteiger partial charge in [-0.15, -0.1) is 0 Å². The van der Waals surface area contributed by atoms with Crippen LogP contribution in [0.3, 0.4) is 0 Å². The van der Waals surface area contributed by atoms with Crippen molar-refractivity contribution < 1.29 is 9.59 Å². The van der Waals surface area contributed by atoms with Gasteiger partial charge in [-0.1, -0.05) is 24.3 Å². The van der Waals surface area contributed by atoms with Crippen molar-refractivity contribution in [2.75, 3.05) is 0 Å². The molecule has 0 aliphatic rings. The lowest BCUT2D eigenvalue weighted by Gasteiger charge is -2.04. The molecule has 0 aliphatic heterocycles. The molecule has 0 N–H and O–H groups in total. The van der Waals surface area contributed by atoms with E-state index >= 15 is 0 Å². The molecule has 98 valence electrons. The lowest BCUT2D eigenvalue weighted by atomic mass is 10.1. The minimum absolute atomic E-state index is 0.354. The van der Waals surface area contributed by atoms with Crippen molar-refractivity contribution in [1.29, 1.82) is 0 Å². The predicted octanol–water partition coefficient (Wildman–Crippen LogP) is 2.47. The van der Waals surface area contributed by atoms with E-state index in [2.05, 4.69) is 4.98 Å². The van der Waals surface area contributed by atoms with E-state index in [-0.39, 0.29) is 0 Å². The summed E-state index contributed by atoms with van der Waals surface area (Å²) in [5.41, 5.74) is 2.26. The van der Waals surface area contributed by atoms with Crippen LogP contribution in [-0.4, -0.2) is 21.6 Å². The Morgan fingerprint density at radius 2 is 1.95 bits per heavy atom. The fourth-order valence-electron chi connectivity index (χ4n) is 2.30. The van der Waals surface area contributed by atoms with Crippen LogP contribution in [-0.2, 0) is 11.3 Å². The number of hydrogen-bond acceptors (Lipinski definition) is 3. The molecule has 0 saturated heterocycles. The number of ketones is 1. The largest absolute Gasteiger partial charge is 0.341 e. The third kappa shape index (κ3) is 2.12. The van der Waals surface area contributed by atoms with Gasteiger partial charge < -0.3 is 4.57 Å². The molecule has 2 aromatic heterocycles. The first-order valence-electron chi connectivity index (χ1n) is 6.27. The number of rotatable bonds is 4. The highest BCUT2D eigenvalue weighted by Crippen LogP contribution is 2.22. The maximum Gasteiger partial charge on any atom is 0.227 e. The van der Waals surface area contributed by atoms with Gasteiger partial charge in [0.15, 0.2) is 6.29 Å². The molecule has 4 heteroatoms. The van der Waals surface area contributed by atoms with Crippen molar-refractivity contribution >= 4 is 23.0 Å². The molecule has 2 heterocycles. The normalized spacial score (nSPS) is 10.6. The Hall–Kier alpha value is -2.75. The number of aromatic nitrogens is 2. The third-order valence-electron chi connectivity index (χ3n) is 3.22. The minimum atomic E-state index is -0.499. The van der Waals surface area contributed by atoms with E-state index in [0.29, 0.717) is 18.4 Å². The quantitative estimate of drug-likeness (QED) is 0.413. The summed E-state index contributed by atoms with van der Waals surface area (Å²) < 4.78 is 1.94. The van der Waals surface area contributed by atoms with Gasteiger partial charge in [0, 0.05) is 23.3 Å². The van der Waals surface area contributed by atoms with Crippen molar-refractivity contribution in [2.24, 2.45) is 0 Å². The van der Waals surface area contributed by atoms with Gasteiger partial charge in [0.25, 0.3) is 0 Å². The molecule has 3 rings (SSSR count). The number of Topliss-reactive ketones (excluding diaryl/α,β-unsaturated/α-hetero) is 1. The fourth-order valence-corrected chi connectivity index (χ4v) is 2.30. The van der Waals surface area contributed by atoms with E-state index in [1.165, 1.54) is 0 Å². The van der Waals surface area contributed by atoms with Crippen LogP contribution in [0.25, 0.3) is 10.9 Å². The van der Waals surface area contributed by atoms with Gasteiger partial charge in [0.1, 0.15) is 0 Å². The van der Waals surface area contributed by atoms with Gasteiger partial charge in [0.2, 0.25) is 5.78 Å². The summed E-state index contributed by atoms with van der Waals surface area (Å²) in [6, 6.07) is 13.3. The van der Waals surface area contributed by atoms with Gasteiger partial charge in [-0.2, -0.15) is 0 Å². The molecular formula is C16H12N2O2. The smallest absolute Gasteiger partial charge is 0.227 e. The predicted molar refractivity (Wildman–Crippen MR) is 75.7 cm³/mol. The summed E-state index contributed by atoms with van der Waals surface area (Å²) in [5.74, 6) is -0.499. The summed E-state index contributed by atoms with van der Waals surface area (Å²) in [6.07, 6.45) is 3.81. The van der Waals surface area contributed by atoms with Gasteiger partial charge in [-0.05, 0) is 18.2 Å². The van der Waals surface area contributed by atoms with E-state index in [1.807, 2.05) is 47.0 Å². The molecular weight excluding hydrogens is 252 g/mol. The van der Waals surface area contributed by atoms with Crippen molar-refractivity contribution in [2.45, 2.75) is 6.54 Å². The van der Waals surface area contributed by atoms with Gasteiger partial charge >= 0.3 is 0 Å². The highest BCUT2D eigenvalue weighted by molar-refractivity contribution is 6.36. The van der Waals surface area contributed by atoms with E-state index in [1.54, 1.807) is 12.4 Å². The molecule has 3 aromatic rings. The van der Waals surface area contributed by atoms with Crippen LogP contribution in [0.15, 0.2) is 54.9 Å². The zero-order chi connectivity index (χ0) is 13.9. The molecule has 0 radical (unpaired) electrons. The van der Waals surface area contributed by atoms with E-state index in [4.69, 9.17) is 0 Å². The van der Waals surface area contributed by atoms with Crippen LogP contribution in [0, 0.1) is 0 Å². The van der Waals surface area contributed by atoms with Gasteiger partial charge in [0.05, 0.1) is 17.8 Å². The van der Waals surface area contributed by atoms with Crippen molar-refractivity contribution in [1.82, 2.24) is 9.55 Å². The Balaban J connectivity index is 2.12. The number of nitrogens with zero attached hydrogens (tertiary/aromatic N) is 2. The number of pyridine rings is 1. The maximum absolute atomic E-state index is 11.7. The Bertz CT molecular complexity index is 776. The van der Waals surface area contributed by atoms with Crippen LogP contribution in [0.5, 0.6) is 0 Å². The van der Waals surface area contributed by atoms with Gasteiger partial charge in [-0.3, -0.25) is 14.6 Å². The maximum atomic E-state index is 11.7. The summed E-state index contributed by atoms with van der Waals surface area (Å²) in [6.45, 7) is 0.563. The molecule has 0 unspecified atom stereocenters. The number of carbonyl (C=O) groups excluding carboxylic acids is 2. The summed E-state index contributed by atoms with van der Waals surface area (Å²) in [4.78, 5) is 26.7. The standard InChI is InChI=1S/C16H12N2O2/c19-11-16(20)14-10-18(9-12-5-3-4-8-17-12)15-7-2-1-6-13(14)15/h1-8,10-11H,9H2. The van der Waals surface area contributed by atoms with Crippen LogP contribution in [0.2, 0.25) is 0 Å². The molecule has 1 aromatic carbocycles. The number of carbonyl (C=O) groups is 2. The summed E-state index contributed by atoms with van der Waals surface area (Å²) in [7, 11) is 0. The van der Waals surface area contributed by atoms with Crippen LogP contribution >= 0.6 is 0 Å². The molecule has 0 spiro atoms. The lowest BCUT2D eigenvalue weighted by molar-refractivity contribution is -0.104. The van der Waals surface area contributed by atoms with Gasteiger partial charge in [-0.25, -0.2) is 0 Å². The summed E-state index contributed by atoms with van der Waals surface area (Å²) >= 11 is 0. The Kier molecular flexibility index (Phi) is 3.13. The van der Waals surface area contributed by atoms with Crippen molar-refractivity contribution in [3.63, 3.8) is 0 Å². The topological polar surface area (TPSA) is 52.0 Å². The second kappa shape index (κ2) is 5.09. The molecule has 4 nitrogen and oxygen atoms in total. The zero-order valence-corrected chi connectivity index (χ0v) is 10.7. The molecule has 20 heavy (non-hydrogen) atoms. The average molecular weight is 264 g/mol. The fraction of sp³-hybridized carbons (Fsp3) is 0.0625. The van der Waals surface area contributed by atoms with Crippen LogP contribution in [0.4, 0.5) is 0 Å². The van der Waals surface area contributed by atoms with E-state index in [9.17, 15) is 9.59 Å². The first-order valence-corrected chi connectivity index (χ1v) is 6.27. The molecule has 0 atom stereocenters.